The molecule has 0 bridgehead atoms. The molecule has 142 valence electrons. The lowest BCUT2D eigenvalue weighted by Gasteiger charge is -2.27. The molecule has 5 rings (SSSR count). The molecule has 2 nitrogen and oxygen atoms in total. The molecule has 0 atom stereocenters. The molecule has 0 aromatic heterocycles. The van der Waals surface area contributed by atoms with Crippen LogP contribution in [0.3, 0.4) is 0 Å². The smallest absolute Gasteiger partial charge is 0.119 e. The Kier molecular flexibility index (Phi) is 4.13. The minimum atomic E-state index is 0.861. The van der Waals surface area contributed by atoms with Crippen LogP contribution >= 0.6 is 0 Å². The van der Waals surface area contributed by atoms with Gasteiger partial charge in [0.05, 0.1) is 18.5 Å². The van der Waals surface area contributed by atoms with Crippen molar-refractivity contribution in [2.75, 3.05) is 12.0 Å². The molecule has 2 heteroatoms. The summed E-state index contributed by atoms with van der Waals surface area (Å²) in [6, 6.07) is 30.5. The van der Waals surface area contributed by atoms with E-state index in [1.54, 1.807) is 7.11 Å². The van der Waals surface area contributed by atoms with Crippen LogP contribution in [0.4, 0.5) is 17.1 Å². The third-order valence-electron chi connectivity index (χ3n) is 5.62. The molecule has 0 radical (unpaired) electrons. The van der Waals surface area contributed by atoms with Gasteiger partial charge in [0.15, 0.2) is 0 Å². The van der Waals surface area contributed by atoms with Crippen LogP contribution in [-0.2, 0) is 0 Å². The van der Waals surface area contributed by atoms with E-state index in [4.69, 9.17) is 4.74 Å². The molecular formula is C27H23NO. The number of rotatable bonds is 2. The molecule has 0 aliphatic carbocycles. The van der Waals surface area contributed by atoms with Crippen molar-refractivity contribution in [2.45, 2.75) is 13.8 Å². The normalized spacial score (nSPS) is 11.9. The summed E-state index contributed by atoms with van der Waals surface area (Å²) in [5, 5.41) is 0. The Labute approximate surface area is 172 Å². The van der Waals surface area contributed by atoms with Gasteiger partial charge in [-0.2, -0.15) is 0 Å². The van der Waals surface area contributed by atoms with Crippen LogP contribution in [0, 0.1) is 13.8 Å². The summed E-state index contributed by atoms with van der Waals surface area (Å²) in [5.41, 5.74) is 11.1. The van der Waals surface area contributed by atoms with Crippen molar-refractivity contribution >= 4 is 17.1 Å². The van der Waals surface area contributed by atoms with Gasteiger partial charge in [-0.15, -0.1) is 0 Å². The molecule has 1 aliphatic rings. The fourth-order valence-electron chi connectivity index (χ4n) is 4.21. The summed E-state index contributed by atoms with van der Waals surface area (Å²) in [5.74, 6) is 0.861. The zero-order valence-corrected chi connectivity index (χ0v) is 16.9. The first-order chi connectivity index (χ1) is 14.2. The second-order valence-electron chi connectivity index (χ2n) is 7.62. The number of aryl methyl sites for hydroxylation is 2. The summed E-state index contributed by atoms with van der Waals surface area (Å²) >= 11 is 0. The highest BCUT2D eigenvalue weighted by Gasteiger charge is 2.25. The second-order valence-corrected chi connectivity index (χ2v) is 7.62. The zero-order chi connectivity index (χ0) is 20.0. The van der Waals surface area contributed by atoms with E-state index in [0.29, 0.717) is 0 Å². The Hall–Kier alpha value is -3.52. The van der Waals surface area contributed by atoms with Crippen molar-refractivity contribution in [2.24, 2.45) is 0 Å². The number of hydrogen-bond donors (Lipinski definition) is 0. The molecule has 0 saturated heterocycles. The summed E-state index contributed by atoms with van der Waals surface area (Å²) in [6.45, 7) is 4.31. The average Bonchev–Trinajstić information content (AvgIpc) is 2.87. The molecule has 1 aliphatic heterocycles. The lowest BCUT2D eigenvalue weighted by atomic mass is 9.93. The number of hydrogen-bond acceptors (Lipinski definition) is 2. The van der Waals surface area contributed by atoms with E-state index in [0.717, 1.165) is 11.4 Å². The van der Waals surface area contributed by atoms with E-state index in [1.807, 2.05) is 12.1 Å². The molecular weight excluding hydrogens is 354 g/mol. The highest BCUT2D eigenvalue weighted by Crippen LogP contribution is 2.51. The summed E-state index contributed by atoms with van der Waals surface area (Å²) < 4.78 is 5.38. The van der Waals surface area contributed by atoms with Gasteiger partial charge in [-0.25, -0.2) is 0 Å². The maximum atomic E-state index is 5.38. The fourth-order valence-corrected chi connectivity index (χ4v) is 4.21. The van der Waals surface area contributed by atoms with Crippen molar-refractivity contribution in [3.8, 4) is 28.0 Å². The van der Waals surface area contributed by atoms with Gasteiger partial charge in [-0.3, -0.25) is 0 Å². The Balaban J connectivity index is 1.87. The summed E-state index contributed by atoms with van der Waals surface area (Å²) in [6.07, 6.45) is 0. The SMILES string of the molecule is COc1ccc(N2c3ccc(C)cc3-c3ccccc3-c3cc(C)ccc32)cc1. The molecule has 1 heterocycles. The summed E-state index contributed by atoms with van der Waals surface area (Å²) in [7, 11) is 1.70. The van der Waals surface area contributed by atoms with Gasteiger partial charge >= 0.3 is 0 Å². The maximum absolute atomic E-state index is 5.38. The van der Waals surface area contributed by atoms with Crippen molar-refractivity contribution < 1.29 is 4.74 Å². The number of nitrogens with zero attached hydrogens (tertiary/aromatic N) is 1. The summed E-state index contributed by atoms with van der Waals surface area (Å²) in [4.78, 5) is 2.36. The number of benzene rings is 4. The standard InChI is InChI=1S/C27H23NO/c1-18-8-14-26-24(16-18)22-6-4-5-7-23(22)25-17-19(2)9-15-27(25)28(26)20-10-12-21(29-3)13-11-20/h4-17H,1-3H3. The van der Waals surface area contributed by atoms with Crippen LogP contribution in [0.2, 0.25) is 0 Å². The molecule has 4 aromatic carbocycles. The third-order valence-corrected chi connectivity index (χ3v) is 5.62. The number of fused-ring (bicyclic) bond motifs is 5. The first-order valence-electron chi connectivity index (χ1n) is 9.91. The predicted octanol–water partition coefficient (Wildman–Crippen LogP) is 7.43. The molecule has 0 N–H and O–H groups in total. The maximum Gasteiger partial charge on any atom is 0.119 e. The Morgan fingerprint density at radius 1 is 0.586 bits per heavy atom. The van der Waals surface area contributed by atoms with E-state index < -0.39 is 0 Å². The average molecular weight is 377 g/mol. The van der Waals surface area contributed by atoms with Crippen molar-refractivity contribution in [3.63, 3.8) is 0 Å². The van der Waals surface area contributed by atoms with Gasteiger partial charge in [0.25, 0.3) is 0 Å². The Morgan fingerprint density at radius 3 is 1.59 bits per heavy atom. The van der Waals surface area contributed by atoms with E-state index >= 15 is 0 Å². The Bertz CT molecular complexity index is 1140. The van der Waals surface area contributed by atoms with Crippen LogP contribution in [0.25, 0.3) is 22.3 Å². The molecule has 0 fully saturated rings. The van der Waals surface area contributed by atoms with Crippen molar-refractivity contribution in [1.29, 1.82) is 0 Å². The second kappa shape index (κ2) is 6.82. The fraction of sp³-hybridized carbons (Fsp3) is 0.111. The molecule has 0 amide bonds. The molecule has 0 unspecified atom stereocenters. The van der Waals surface area contributed by atoms with Gasteiger partial charge in [-0.1, -0.05) is 47.5 Å². The van der Waals surface area contributed by atoms with Gasteiger partial charge in [-0.05, 0) is 73.5 Å². The van der Waals surface area contributed by atoms with E-state index in [-0.39, 0.29) is 0 Å². The number of anilines is 3. The van der Waals surface area contributed by atoms with Crippen LogP contribution in [-0.4, -0.2) is 7.11 Å². The number of ether oxygens (including phenoxy) is 1. The van der Waals surface area contributed by atoms with Crippen LogP contribution < -0.4 is 9.64 Å². The lowest BCUT2D eigenvalue weighted by Crippen LogP contribution is -2.11. The van der Waals surface area contributed by atoms with Gasteiger partial charge in [0.2, 0.25) is 0 Å². The minimum Gasteiger partial charge on any atom is -0.497 e. The zero-order valence-electron chi connectivity index (χ0n) is 16.9. The number of methoxy groups -OCH3 is 1. The monoisotopic (exact) mass is 377 g/mol. The van der Waals surface area contributed by atoms with Crippen molar-refractivity contribution in [3.05, 3.63) is 96.1 Å². The largest absolute Gasteiger partial charge is 0.497 e. The first-order valence-corrected chi connectivity index (χ1v) is 9.91. The molecule has 4 aromatic rings. The van der Waals surface area contributed by atoms with Gasteiger partial charge in [0.1, 0.15) is 5.75 Å². The molecule has 29 heavy (non-hydrogen) atoms. The third kappa shape index (κ3) is 2.89. The van der Waals surface area contributed by atoms with E-state index in [9.17, 15) is 0 Å². The highest BCUT2D eigenvalue weighted by atomic mass is 16.5. The topological polar surface area (TPSA) is 12.5 Å². The molecule has 0 spiro atoms. The van der Waals surface area contributed by atoms with Gasteiger partial charge in [0, 0.05) is 16.8 Å². The van der Waals surface area contributed by atoms with E-state index in [2.05, 4.69) is 91.5 Å². The van der Waals surface area contributed by atoms with Crippen molar-refractivity contribution in [1.82, 2.24) is 0 Å². The highest BCUT2D eigenvalue weighted by molar-refractivity contribution is 6.02. The van der Waals surface area contributed by atoms with Crippen LogP contribution in [0.1, 0.15) is 11.1 Å². The minimum absolute atomic E-state index is 0.861. The quantitative estimate of drug-likeness (QED) is 0.317. The predicted molar refractivity (Wildman–Crippen MR) is 122 cm³/mol. The Morgan fingerprint density at radius 2 is 1.10 bits per heavy atom. The van der Waals surface area contributed by atoms with Gasteiger partial charge < -0.3 is 9.64 Å². The van der Waals surface area contributed by atoms with Crippen LogP contribution in [0.5, 0.6) is 5.75 Å². The lowest BCUT2D eigenvalue weighted by molar-refractivity contribution is 0.415. The first kappa shape index (κ1) is 17.6. The molecule has 0 saturated carbocycles. The van der Waals surface area contributed by atoms with Crippen LogP contribution in [0.15, 0.2) is 84.9 Å². The van der Waals surface area contributed by atoms with E-state index in [1.165, 1.54) is 44.8 Å².